The standard InChI is InChI=1S/C22H32F3N5/c1-3-28(17-22(23,24)25)15-19-9-12-30(16-19)21(26-2)27-14-18-7-6-8-20(13-18)29-10-4-5-11-29/h4-8,13,19H,3,9-12,14-17H2,1-2H3,(H,26,27). The van der Waals surface area contributed by atoms with Crippen molar-refractivity contribution in [3.63, 3.8) is 0 Å². The molecule has 0 radical (unpaired) electrons. The van der Waals surface area contributed by atoms with Crippen molar-refractivity contribution in [1.29, 1.82) is 0 Å². The molecule has 0 amide bonds. The van der Waals surface area contributed by atoms with Gasteiger partial charge in [-0.05, 0) is 36.6 Å². The van der Waals surface area contributed by atoms with Crippen LogP contribution in [0.25, 0.3) is 0 Å². The van der Waals surface area contributed by atoms with E-state index in [1.165, 1.54) is 16.2 Å². The smallest absolute Gasteiger partial charge is 0.364 e. The maximum atomic E-state index is 12.7. The molecule has 1 unspecified atom stereocenters. The molecule has 1 fully saturated rings. The van der Waals surface area contributed by atoms with Crippen LogP contribution in [-0.4, -0.2) is 74.8 Å². The minimum absolute atomic E-state index is 0.219. The predicted octanol–water partition coefficient (Wildman–Crippen LogP) is 3.34. The van der Waals surface area contributed by atoms with E-state index in [0.29, 0.717) is 19.6 Å². The van der Waals surface area contributed by atoms with Gasteiger partial charge in [-0.1, -0.05) is 31.2 Å². The average Bonchev–Trinajstić information content (AvgIpc) is 3.40. The van der Waals surface area contributed by atoms with Crippen LogP contribution in [0.5, 0.6) is 0 Å². The van der Waals surface area contributed by atoms with Gasteiger partial charge in [-0.25, -0.2) is 0 Å². The van der Waals surface area contributed by atoms with Crippen LogP contribution in [0.1, 0.15) is 18.9 Å². The summed E-state index contributed by atoms with van der Waals surface area (Å²) in [4.78, 5) is 10.3. The van der Waals surface area contributed by atoms with E-state index < -0.39 is 12.7 Å². The molecule has 2 aliphatic rings. The van der Waals surface area contributed by atoms with Gasteiger partial charge in [0.15, 0.2) is 5.96 Å². The van der Waals surface area contributed by atoms with Crippen molar-refractivity contribution < 1.29 is 13.2 Å². The van der Waals surface area contributed by atoms with Crippen molar-refractivity contribution in [3.05, 3.63) is 42.0 Å². The summed E-state index contributed by atoms with van der Waals surface area (Å²) in [5.74, 6) is 1.03. The molecule has 8 heteroatoms. The molecule has 1 aromatic carbocycles. The first-order valence-electron chi connectivity index (χ1n) is 10.6. The molecule has 166 valence electrons. The average molecular weight is 424 g/mol. The summed E-state index contributed by atoms with van der Waals surface area (Å²) >= 11 is 0. The summed E-state index contributed by atoms with van der Waals surface area (Å²) in [5.41, 5.74) is 2.39. The van der Waals surface area contributed by atoms with Crippen molar-refractivity contribution in [2.24, 2.45) is 10.9 Å². The number of guanidine groups is 1. The first-order chi connectivity index (χ1) is 14.4. The first-order valence-corrected chi connectivity index (χ1v) is 10.6. The fourth-order valence-electron chi connectivity index (χ4n) is 4.16. The van der Waals surface area contributed by atoms with Gasteiger partial charge in [-0.15, -0.1) is 0 Å². The van der Waals surface area contributed by atoms with Crippen LogP contribution in [-0.2, 0) is 6.54 Å². The quantitative estimate of drug-likeness (QED) is 0.414. The van der Waals surface area contributed by atoms with Crippen LogP contribution >= 0.6 is 0 Å². The number of rotatable bonds is 7. The Labute approximate surface area is 177 Å². The third-order valence-electron chi connectivity index (χ3n) is 5.71. The topological polar surface area (TPSA) is 34.1 Å². The Balaban J connectivity index is 1.50. The molecule has 2 aliphatic heterocycles. The van der Waals surface area contributed by atoms with Gasteiger partial charge in [-0.2, -0.15) is 13.2 Å². The molecule has 3 rings (SSSR count). The van der Waals surface area contributed by atoms with Gasteiger partial charge in [0.25, 0.3) is 0 Å². The van der Waals surface area contributed by atoms with Gasteiger partial charge in [0.05, 0.1) is 6.54 Å². The molecule has 1 aromatic rings. The van der Waals surface area contributed by atoms with E-state index in [0.717, 1.165) is 38.6 Å². The summed E-state index contributed by atoms with van der Waals surface area (Å²) < 4.78 is 38.2. The van der Waals surface area contributed by atoms with Crippen molar-refractivity contribution >= 4 is 11.6 Å². The lowest BCUT2D eigenvalue weighted by molar-refractivity contribution is -0.146. The summed E-state index contributed by atoms with van der Waals surface area (Å²) in [6.45, 7) is 5.91. The predicted molar refractivity (Wildman–Crippen MR) is 116 cm³/mol. The van der Waals surface area contributed by atoms with Crippen molar-refractivity contribution in [2.75, 3.05) is 57.8 Å². The minimum Gasteiger partial charge on any atom is -0.364 e. The van der Waals surface area contributed by atoms with Gasteiger partial charge in [0, 0.05) is 52.0 Å². The molecular formula is C22H32F3N5. The van der Waals surface area contributed by atoms with E-state index in [9.17, 15) is 13.2 Å². The molecule has 1 atom stereocenters. The van der Waals surface area contributed by atoms with Crippen LogP contribution in [0, 0.1) is 5.92 Å². The van der Waals surface area contributed by atoms with E-state index in [1.807, 2.05) is 0 Å². The van der Waals surface area contributed by atoms with Gasteiger partial charge in [0.2, 0.25) is 0 Å². The Morgan fingerprint density at radius 3 is 2.70 bits per heavy atom. The second-order valence-corrected chi connectivity index (χ2v) is 7.99. The van der Waals surface area contributed by atoms with E-state index in [4.69, 9.17) is 0 Å². The third kappa shape index (κ3) is 6.39. The highest BCUT2D eigenvalue weighted by molar-refractivity contribution is 5.80. The number of nitrogens with zero attached hydrogens (tertiary/aromatic N) is 4. The second-order valence-electron chi connectivity index (χ2n) is 7.99. The highest BCUT2D eigenvalue weighted by atomic mass is 19.4. The Morgan fingerprint density at radius 2 is 2.03 bits per heavy atom. The van der Waals surface area contributed by atoms with Gasteiger partial charge in [-0.3, -0.25) is 9.89 Å². The van der Waals surface area contributed by atoms with Crippen LogP contribution in [0.15, 0.2) is 41.4 Å². The largest absolute Gasteiger partial charge is 0.401 e. The SMILES string of the molecule is CCN(CC1CCN(C(=NC)NCc2cccc(N3CC=CC3)c2)C1)CC(F)(F)F. The molecule has 0 bridgehead atoms. The van der Waals surface area contributed by atoms with Crippen LogP contribution < -0.4 is 10.2 Å². The summed E-state index contributed by atoms with van der Waals surface area (Å²) in [5, 5.41) is 3.42. The number of likely N-dealkylation sites (tertiary alicyclic amines) is 1. The molecule has 0 spiro atoms. The number of anilines is 1. The van der Waals surface area contributed by atoms with Crippen molar-refractivity contribution in [2.45, 2.75) is 26.1 Å². The lowest BCUT2D eigenvalue weighted by atomic mass is 10.1. The molecule has 0 aromatic heterocycles. The summed E-state index contributed by atoms with van der Waals surface area (Å²) in [7, 11) is 1.75. The zero-order valence-electron chi connectivity index (χ0n) is 17.8. The molecule has 1 saturated heterocycles. The van der Waals surface area contributed by atoms with Crippen LogP contribution in [0.2, 0.25) is 0 Å². The molecule has 30 heavy (non-hydrogen) atoms. The molecular weight excluding hydrogens is 391 g/mol. The summed E-state index contributed by atoms with van der Waals surface area (Å²) in [6.07, 6.45) is 1.08. The van der Waals surface area contributed by atoms with Crippen LogP contribution in [0.4, 0.5) is 18.9 Å². The van der Waals surface area contributed by atoms with Gasteiger partial charge in [0.1, 0.15) is 0 Å². The number of halogens is 3. The van der Waals surface area contributed by atoms with Crippen molar-refractivity contribution in [3.8, 4) is 0 Å². The minimum atomic E-state index is -4.15. The lowest BCUT2D eigenvalue weighted by Gasteiger charge is -2.26. The van der Waals surface area contributed by atoms with Crippen molar-refractivity contribution in [1.82, 2.24) is 15.1 Å². The maximum Gasteiger partial charge on any atom is 0.401 e. The first kappa shape index (κ1) is 22.5. The fourth-order valence-corrected chi connectivity index (χ4v) is 4.16. The normalized spacial score (nSPS) is 19.9. The Hall–Kier alpha value is -2.22. The Kier molecular flexibility index (Phi) is 7.64. The third-order valence-corrected chi connectivity index (χ3v) is 5.71. The van der Waals surface area contributed by atoms with E-state index in [-0.39, 0.29) is 5.92 Å². The highest BCUT2D eigenvalue weighted by Crippen LogP contribution is 2.22. The number of hydrogen-bond acceptors (Lipinski definition) is 3. The molecule has 5 nitrogen and oxygen atoms in total. The summed E-state index contributed by atoms with van der Waals surface area (Å²) in [6, 6.07) is 8.47. The molecule has 0 aliphatic carbocycles. The molecule has 0 saturated carbocycles. The van der Waals surface area contributed by atoms with E-state index in [2.05, 4.69) is 56.5 Å². The maximum absolute atomic E-state index is 12.7. The van der Waals surface area contributed by atoms with E-state index >= 15 is 0 Å². The highest BCUT2D eigenvalue weighted by Gasteiger charge is 2.33. The monoisotopic (exact) mass is 423 g/mol. The number of nitrogens with one attached hydrogen (secondary N) is 1. The van der Waals surface area contributed by atoms with E-state index in [1.54, 1.807) is 14.0 Å². The second kappa shape index (κ2) is 10.2. The Morgan fingerprint density at radius 1 is 1.27 bits per heavy atom. The number of aliphatic imine (C=N–C) groups is 1. The van der Waals surface area contributed by atoms with Gasteiger partial charge >= 0.3 is 6.18 Å². The number of benzene rings is 1. The number of hydrogen-bond donors (Lipinski definition) is 1. The fraction of sp³-hybridized carbons (Fsp3) is 0.591. The van der Waals surface area contributed by atoms with Crippen LogP contribution in [0.3, 0.4) is 0 Å². The molecule has 1 N–H and O–H groups in total. The molecule has 2 heterocycles. The van der Waals surface area contributed by atoms with Gasteiger partial charge < -0.3 is 15.1 Å². The lowest BCUT2D eigenvalue weighted by Crippen LogP contribution is -2.41. The Bertz CT molecular complexity index is 739. The number of alkyl halides is 3. The zero-order valence-corrected chi connectivity index (χ0v) is 17.8. The zero-order chi connectivity index (χ0) is 21.6.